The lowest BCUT2D eigenvalue weighted by Gasteiger charge is -2.07. The van der Waals surface area contributed by atoms with Gasteiger partial charge in [-0.2, -0.15) is 5.10 Å². The van der Waals surface area contributed by atoms with Crippen molar-refractivity contribution in [1.29, 1.82) is 0 Å². The number of aryl methyl sites for hydroxylation is 1. The van der Waals surface area contributed by atoms with E-state index in [1.165, 1.54) is 0 Å². The zero-order valence-electron chi connectivity index (χ0n) is 16.0. The van der Waals surface area contributed by atoms with Gasteiger partial charge in [0, 0.05) is 11.3 Å². The number of amides is 2. The van der Waals surface area contributed by atoms with E-state index in [0.29, 0.717) is 11.3 Å². The van der Waals surface area contributed by atoms with Gasteiger partial charge in [-0.25, -0.2) is 5.43 Å². The number of anilines is 1. The minimum absolute atomic E-state index is 0.0885. The van der Waals surface area contributed by atoms with Crippen molar-refractivity contribution < 1.29 is 14.3 Å². The molecule has 0 spiro atoms. The highest BCUT2D eigenvalue weighted by Crippen LogP contribution is 2.12. The molecule has 2 N–H and O–H groups in total. The molecule has 0 aliphatic rings. The second kappa shape index (κ2) is 9.85. The number of rotatable bonds is 7. The molecule has 0 atom stereocenters. The number of ether oxygens (including phenoxy) is 1. The molecular formula is C23H21N3O3. The Morgan fingerprint density at radius 3 is 2.34 bits per heavy atom. The average Bonchev–Trinajstić information content (AvgIpc) is 2.74. The Morgan fingerprint density at radius 2 is 1.62 bits per heavy atom. The number of hydrazone groups is 1. The van der Waals surface area contributed by atoms with Crippen molar-refractivity contribution in [1.82, 2.24) is 5.43 Å². The van der Waals surface area contributed by atoms with Gasteiger partial charge in [0.1, 0.15) is 5.75 Å². The summed E-state index contributed by atoms with van der Waals surface area (Å²) in [6.07, 6.45) is 1.54. The minimum atomic E-state index is -0.260. The normalized spacial score (nSPS) is 10.5. The van der Waals surface area contributed by atoms with E-state index in [4.69, 9.17) is 4.74 Å². The summed E-state index contributed by atoms with van der Waals surface area (Å²) in [7, 11) is 0. The van der Waals surface area contributed by atoms with Crippen molar-refractivity contribution >= 4 is 23.7 Å². The fourth-order valence-corrected chi connectivity index (χ4v) is 2.57. The van der Waals surface area contributed by atoms with Gasteiger partial charge in [0.25, 0.3) is 11.8 Å². The maximum Gasteiger partial charge on any atom is 0.271 e. The van der Waals surface area contributed by atoms with Gasteiger partial charge in [0.15, 0.2) is 6.61 Å². The van der Waals surface area contributed by atoms with Crippen LogP contribution in [0.5, 0.6) is 5.75 Å². The van der Waals surface area contributed by atoms with E-state index in [9.17, 15) is 9.59 Å². The zero-order valence-corrected chi connectivity index (χ0v) is 16.0. The van der Waals surface area contributed by atoms with Crippen molar-refractivity contribution in [2.24, 2.45) is 5.10 Å². The third kappa shape index (κ3) is 6.04. The Hall–Kier alpha value is -3.93. The first-order chi connectivity index (χ1) is 14.1. The van der Waals surface area contributed by atoms with Crippen LogP contribution in [-0.2, 0) is 4.79 Å². The largest absolute Gasteiger partial charge is 0.484 e. The lowest BCUT2D eigenvalue weighted by molar-refractivity contribution is -0.118. The number of carbonyl (C=O) groups is 2. The molecule has 146 valence electrons. The summed E-state index contributed by atoms with van der Waals surface area (Å²) < 4.78 is 5.48. The van der Waals surface area contributed by atoms with Crippen LogP contribution in [0.2, 0.25) is 0 Å². The number of nitrogens with zero attached hydrogens (tertiary/aromatic N) is 1. The van der Waals surface area contributed by atoms with E-state index in [2.05, 4.69) is 15.8 Å². The number of para-hydroxylation sites is 1. The van der Waals surface area contributed by atoms with Crippen LogP contribution in [0.3, 0.4) is 0 Å². The average molecular weight is 387 g/mol. The smallest absolute Gasteiger partial charge is 0.271 e. The third-order valence-electron chi connectivity index (χ3n) is 4.08. The van der Waals surface area contributed by atoms with Crippen LogP contribution >= 0.6 is 0 Å². The molecule has 29 heavy (non-hydrogen) atoms. The van der Waals surface area contributed by atoms with Crippen LogP contribution in [-0.4, -0.2) is 24.6 Å². The topological polar surface area (TPSA) is 79.8 Å². The highest BCUT2D eigenvalue weighted by Gasteiger charge is 2.06. The summed E-state index contributed by atoms with van der Waals surface area (Å²) in [4.78, 5) is 24.0. The van der Waals surface area contributed by atoms with Crippen LogP contribution in [0.4, 0.5) is 5.69 Å². The van der Waals surface area contributed by atoms with Gasteiger partial charge in [0.05, 0.1) is 6.21 Å². The van der Waals surface area contributed by atoms with Crippen molar-refractivity contribution in [2.45, 2.75) is 6.92 Å². The molecule has 0 heterocycles. The lowest BCUT2D eigenvalue weighted by Crippen LogP contribution is -2.20. The lowest BCUT2D eigenvalue weighted by atomic mass is 10.1. The molecule has 0 aliphatic carbocycles. The number of hydrogen-bond acceptors (Lipinski definition) is 4. The Labute approximate surface area is 169 Å². The van der Waals surface area contributed by atoms with E-state index < -0.39 is 0 Å². The van der Waals surface area contributed by atoms with Crippen molar-refractivity contribution in [2.75, 3.05) is 11.9 Å². The predicted octanol–water partition coefficient (Wildman–Crippen LogP) is 3.78. The van der Waals surface area contributed by atoms with Gasteiger partial charge >= 0.3 is 0 Å². The maximum absolute atomic E-state index is 12.1. The van der Waals surface area contributed by atoms with E-state index in [1.54, 1.807) is 36.5 Å². The molecule has 0 bridgehead atoms. The highest BCUT2D eigenvalue weighted by molar-refractivity contribution is 5.96. The highest BCUT2D eigenvalue weighted by atomic mass is 16.5. The summed E-state index contributed by atoms with van der Waals surface area (Å²) in [6, 6.07) is 23.5. The minimum Gasteiger partial charge on any atom is -0.484 e. The van der Waals surface area contributed by atoms with E-state index in [0.717, 1.165) is 16.8 Å². The molecular weight excluding hydrogens is 366 g/mol. The molecule has 0 unspecified atom stereocenters. The first-order valence-electron chi connectivity index (χ1n) is 9.08. The predicted molar refractivity (Wildman–Crippen MR) is 113 cm³/mol. The summed E-state index contributed by atoms with van der Waals surface area (Å²) >= 11 is 0. The Morgan fingerprint density at radius 1 is 0.931 bits per heavy atom. The monoisotopic (exact) mass is 387 g/mol. The third-order valence-corrected chi connectivity index (χ3v) is 4.08. The number of nitrogens with one attached hydrogen (secondary N) is 2. The summed E-state index contributed by atoms with van der Waals surface area (Å²) in [5.41, 5.74) is 5.50. The van der Waals surface area contributed by atoms with Gasteiger partial charge in [-0.15, -0.1) is 0 Å². The Kier molecular flexibility index (Phi) is 6.73. The molecule has 0 fully saturated rings. The van der Waals surface area contributed by atoms with E-state index >= 15 is 0 Å². The molecule has 0 saturated carbocycles. The fourth-order valence-electron chi connectivity index (χ4n) is 2.57. The van der Waals surface area contributed by atoms with Crippen LogP contribution in [0, 0.1) is 6.92 Å². The van der Waals surface area contributed by atoms with Gasteiger partial charge in [-0.05, 0) is 60.5 Å². The quantitative estimate of drug-likeness (QED) is 0.478. The molecule has 0 aliphatic heterocycles. The van der Waals surface area contributed by atoms with Crippen LogP contribution < -0.4 is 15.5 Å². The molecule has 0 aromatic heterocycles. The van der Waals surface area contributed by atoms with Crippen molar-refractivity contribution in [3.8, 4) is 5.75 Å². The number of benzene rings is 3. The fraction of sp³-hybridized carbons (Fsp3) is 0.0870. The van der Waals surface area contributed by atoms with E-state index in [-0.39, 0.29) is 18.4 Å². The van der Waals surface area contributed by atoms with Gasteiger partial charge in [-0.1, -0.05) is 36.4 Å². The van der Waals surface area contributed by atoms with Gasteiger partial charge in [0.2, 0.25) is 0 Å². The first kappa shape index (κ1) is 19.8. The van der Waals surface area contributed by atoms with Crippen molar-refractivity contribution in [3.63, 3.8) is 0 Å². The first-order valence-corrected chi connectivity index (χ1v) is 9.08. The zero-order chi connectivity index (χ0) is 20.5. The van der Waals surface area contributed by atoms with Crippen LogP contribution in [0.15, 0.2) is 84.0 Å². The Bertz CT molecular complexity index is 999. The molecule has 3 aromatic rings. The molecule has 0 radical (unpaired) electrons. The summed E-state index contributed by atoms with van der Waals surface area (Å²) in [5, 5.41) is 6.73. The molecule has 6 heteroatoms. The Balaban J connectivity index is 1.47. The van der Waals surface area contributed by atoms with Gasteiger partial charge in [-0.3, -0.25) is 9.59 Å². The summed E-state index contributed by atoms with van der Waals surface area (Å²) in [6.45, 7) is 1.78. The maximum atomic E-state index is 12.1. The molecule has 6 nitrogen and oxygen atoms in total. The second-order valence-corrected chi connectivity index (χ2v) is 6.29. The number of hydrogen-bond donors (Lipinski definition) is 2. The SMILES string of the molecule is Cc1ccccc1C(=O)N/N=C/c1ccc(OCC(=O)Nc2ccccc2)cc1. The number of carbonyl (C=O) groups excluding carboxylic acids is 2. The van der Waals surface area contributed by atoms with Crippen LogP contribution in [0.1, 0.15) is 21.5 Å². The second-order valence-electron chi connectivity index (χ2n) is 6.29. The molecule has 3 aromatic carbocycles. The molecule has 3 rings (SSSR count). The van der Waals surface area contributed by atoms with Crippen LogP contribution in [0.25, 0.3) is 0 Å². The molecule has 2 amide bonds. The standard InChI is InChI=1S/C23H21N3O3/c1-17-7-5-6-10-21(17)23(28)26-24-15-18-11-13-20(14-12-18)29-16-22(27)25-19-8-3-2-4-9-19/h2-15H,16H2,1H3,(H,25,27)(H,26,28)/b24-15+. The molecule has 0 saturated heterocycles. The van der Waals surface area contributed by atoms with Crippen molar-refractivity contribution in [3.05, 3.63) is 95.6 Å². The van der Waals surface area contributed by atoms with Gasteiger partial charge < -0.3 is 10.1 Å². The summed E-state index contributed by atoms with van der Waals surface area (Å²) in [5.74, 6) is 0.0683. The van der Waals surface area contributed by atoms with E-state index in [1.807, 2.05) is 55.5 Å².